The minimum absolute atomic E-state index is 0.307. The lowest BCUT2D eigenvalue weighted by Crippen LogP contribution is -2.63. The Kier molecular flexibility index (Phi) is 5.47. The third-order valence-electron chi connectivity index (χ3n) is 3.43. The number of thioether (sulfide) groups is 1. The van der Waals surface area contributed by atoms with Gasteiger partial charge >= 0.3 is 6.03 Å². The van der Waals surface area contributed by atoms with Gasteiger partial charge in [0.1, 0.15) is 0 Å². The normalized spacial score (nSPS) is 24.2. The third-order valence-corrected chi connectivity index (χ3v) is 4.39. The molecular weight excluding hydrogens is 304 g/mol. The van der Waals surface area contributed by atoms with Gasteiger partial charge in [-0.1, -0.05) is 23.9 Å². The molecule has 2 aliphatic rings. The van der Waals surface area contributed by atoms with Gasteiger partial charge in [0.25, 0.3) is 5.91 Å². The van der Waals surface area contributed by atoms with Crippen LogP contribution in [-0.4, -0.2) is 71.7 Å². The van der Waals surface area contributed by atoms with Gasteiger partial charge in [-0.05, 0) is 13.8 Å². The molecule has 1 saturated heterocycles. The fourth-order valence-corrected chi connectivity index (χ4v) is 3.32. The number of imide groups is 1. The molecule has 2 heterocycles. The summed E-state index contributed by atoms with van der Waals surface area (Å²) < 4.78 is 5.33. The number of amides is 3. The first kappa shape index (κ1) is 16.8. The lowest BCUT2D eigenvalue weighted by molar-refractivity contribution is -0.126. The van der Waals surface area contributed by atoms with Crippen LogP contribution in [0.15, 0.2) is 17.1 Å². The minimum atomic E-state index is -0.492. The Morgan fingerprint density at radius 1 is 1.50 bits per heavy atom. The number of nitrogens with one attached hydrogen (secondary N) is 1. The zero-order chi connectivity index (χ0) is 16.3. The molecule has 1 fully saturated rings. The number of hydrogen-bond acceptors (Lipinski definition) is 6. The number of hydrogen-bond donors (Lipinski definition) is 1. The molecule has 0 aromatic carbocycles. The first-order chi connectivity index (χ1) is 10.5. The first-order valence-electron chi connectivity index (χ1n) is 7.22. The smallest absolute Gasteiger partial charge is 0.325 e. The van der Waals surface area contributed by atoms with E-state index >= 15 is 0 Å². The van der Waals surface area contributed by atoms with E-state index in [-0.39, 0.29) is 5.91 Å². The summed E-state index contributed by atoms with van der Waals surface area (Å²) in [5, 5.41) is 3.13. The lowest BCUT2D eigenvalue weighted by atomic mass is 10.1. The molecule has 0 aliphatic carbocycles. The zero-order valence-corrected chi connectivity index (χ0v) is 14.0. The number of carbonyl (C=O) groups excluding carboxylic acids is 2. The summed E-state index contributed by atoms with van der Waals surface area (Å²) >= 11 is 1.54. The van der Waals surface area contributed by atoms with E-state index in [1.807, 2.05) is 18.7 Å². The van der Waals surface area contributed by atoms with Crippen LogP contribution >= 0.6 is 11.8 Å². The number of nitrogens with zero attached hydrogens (tertiary/aromatic N) is 3. The number of urea groups is 1. The van der Waals surface area contributed by atoms with Gasteiger partial charge < -0.3 is 14.5 Å². The van der Waals surface area contributed by atoms with Crippen molar-refractivity contribution in [2.75, 3.05) is 32.6 Å². The number of fused-ring (bicyclic) bond motifs is 1. The highest BCUT2D eigenvalue weighted by atomic mass is 32.2. The van der Waals surface area contributed by atoms with Gasteiger partial charge in [-0.25, -0.2) is 9.79 Å². The molecule has 0 aromatic rings. The van der Waals surface area contributed by atoms with E-state index in [2.05, 4.69) is 16.9 Å². The summed E-state index contributed by atoms with van der Waals surface area (Å²) in [6.45, 7) is 9.61. The van der Waals surface area contributed by atoms with Crippen LogP contribution in [0, 0.1) is 0 Å². The van der Waals surface area contributed by atoms with Crippen LogP contribution in [0.3, 0.4) is 0 Å². The second kappa shape index (κ2) is 7.15. The predicted octanol–water partition coefficient (Wildman–Crippen LogP) is 0.880. The highest BCUT2D eigenvalue weighted by molar-refractivity contribution is 8.13. The number of rotatable bonds is 6. The summed E-state index contributed by atoms with van der Waals surface area (Å²) in [4.78, 5) is 31.9. The lowest BCUT2D eigenvalue weighted by Gasteiger charge is -2.36. The highest BCUT2D eigenvalue weighted by Crippen LogP contribution is 2.28. The van der Waals surface area contributed by atoms with Gasteiger partial charge in [-0.2, -0.15) is 0 Å². The van der Waals surface area contributed by atoms with Gasteiger partial charge in [-0.15, -0.1) is 0 Å². The minimum Gasteiger partial charge on any atom is -0.381 e. The predicted molar refractivity (Wildman–Crippen MR) is 86.8 cm³/mol. The largest absolute Gasteiger partial charge is 0.381 e. The Hall–Kier alpha value is -1.54. The maximum atomic E-state index is 12.2. The quantitative estimate of drug-likeness (QED) is 0.579. The maximum absolute atomic E-state index is 12.2. The Morgan fingerprint density at radius 2 is 2.23 bits per heavy atom. The van der Waals surface area contributed by atoms with Crippen LogP contribution in [-0.2, 0) is 9.53 Å². The second-order valence-corrected chi connectivity index (χ2v) is 6.37. The number of amidine groups is 1. The molecule has 0 saturated carbocycles. The molecular formula is C14H22N4O3S. The van der Waals surface area contributed by atoms with Gasteiger partial charge in [0, 0.05) is 26.0 Å². The van der Waals surface area contributed by atoms with Crippen LogP contribution in [0.4, 0.5) is 4.79 Å². The Balaban J connectivity index is 2.15. The van der Waals surface area contributed by atoms with Gasteiger partial charge in [0.15, 0.2) is 17.4 Å². The second-order valence-electron chi connectivity index (χ2n) is 5.31. The topological polar surface area (TPSA) is 74.2 Å². The van der Waals surface area contributed by atoms with Crippen molar-refractivity contribution in [2.45, 2.75) is 26.1 Å². The molecule has 2 rings (SSSR count). The molecule has 0 spiro atoms. The van der Waals surface area contributed by atoms with Gasteiger partial charge in [0.05, 0.1) is 6.61 Å². The average molecular weight is 326 g/mol. The van der Waals surface area contributed by atoms with Crippen molar-refractivity contribution in [3.05, 3.63) is 12.2 Å². The molecule has 0 aromatic heterocycles. The number of likely N-dealkylation sites (N-methyl/N-ethyl adjacent to an activating group) is 1. The van der Waals surface area contributed by atoms with Crippen molar-refractivity contribution in [1.29, 1.82) is 0 Å². The third kappa shape index (κ3) is 3.44. The van der Waals surface area contributed by atoms with Crippen molar-refractivity contribution in [3.8, 4) is 0 Å². The molecule has 0 radical (unpaired) electrons. The monoisotopic (exact) mass is 326 g/mol. The molecule has 2 unspecified atom stereocenters. The highest BCUT2D eigenvalue weighted by Gasteiger charge is 2.48. The zero-order valence-electron chi connectivity index (χ0n) is 13.2. The van der Waals surface area contributed by atoms with Crippen LogP contribution in [0.2, 0.25) is 0 Å². The standard InChI is InChI=1S/C14H22N4O3S/c1-5-21-6-7-22-14-15-11-10(18(14)8-9(2)3)12(19)16-13(20)17(11)4/h10-11H,2,5-8H2,1,3-4H3,(H,16,19,20). The molecule has 2 aliphatic heterocycles. The van der Waals surface area contributed by atoms with Gasteiger partial charge in [-0.3, -0.25) is 10.1 Å². The summed E-state index contributed by atoms with van der Waals surface area (Å²) in [5.41, 5.74) is 0.936. The molecule has 0 bridgehead atoms. The fraction of sp³-hybridized carbons (Fsp3) is 0.643. The van der Waals surface area contributed by atoms with E-state index in [0.29, 0.717) is 19.8 Å². The Labute approximate surface area is 134 Å². The van der Waals surface area contributed by atoms with Crippen molar-refractivity contribution >= 4 is 28.9 Å². The number of ether oxygens (including phenoxy) is 1. The van der Waals surface area contributed by atoms with Crippen LogP contribution in [0.5, 0.6) is 0 Å². The van der Waals surface area contributed by atoms with E-state index in [4.69, 9.17) is 4.74 Å². The number of aliphatic imine (C=N–C) groups is 1. The van der Waals surface area contributed by atoms with E-state index in [1.54, 1.807) is 7.05 Å². The van der Waals surface area contributed by atoms with E-state index in [0.717, 1.165) is 16.5 Å². The van der Waals surface area contributed by atoms with Crippen molar-refractivity contribution in [2.24, 2.45) is 4.99 Å². The first-order valence-corrected chi connectivity index (χ1v) is 8.21. The summed E-state index contributed by atoms with van der Waals surface area (Å²) in [6.07, 6.45) is -0.477. The molecule has 22 heavy (non-hydrogen) atoms. The Bertz CT molecular complexity index is 508. The van der Waals surface area contributed by atoms with Crippen LogP contribution in [0.25, 0.3) is 0 Å². The van der Waals surface area contributed by atoms with Crippen LogP contribution < -0.4 is 5.32 Å². The fourth-order valence-electron chi connectivity index (χ4n) is 2.41. The summed E-state index contributed by atoms with van der Waals surface area (Å²) in [6, 6.07) is -0.903. The molecule has 122 valence electrons. The molecule has 3 amide bonds. The van der Waals surface area contributed by atoms with E-state index in [9.17, 15) is 9.59 Å². The molecule has 2 atom stereocenters. The Morgan fingerprint density at radius 3 is 2.86 bits per heavy atom. The molecule has 1 N–H and O–H groups in total. The average Bonchev–Trinajstić information content (AvgIpc) is 2.80. The molecule has 7 nitrogen and oxygen atoms in total. The SMILES string of the molecule is C=C(C)CN1C(SCCOCC)=NC2C1C(=O)NC(=O)N2C. The maximum Gasteiger partial charge on any atom is 0.325 e. The van der Waals surface area contributed by atoms with Gasteiger partial charge in [0.2, 0.25) is 0 Å². The number of carbonyl (C=O) groups is 2. The van der Waals surface area contributed by atoms with E-state index in [1.165, 1.54) is 16.7 Å². The van der Waals surface area contributed by atoms with Crippen molar-refractivity contribution in [3.63, 3.8) is 0 Å². The summed E-state index contributed by atoms with van der Waals surface area (Å²) in [5.74, 6) is 0.441. The van der Waals surface area contributed by atoms with Crippen molar-refractivity contribution in [1.82, 2.24) is 15.1 Å². The van der Waals surface area contributed by atoms with Crippen LogP contribution in [0.1, 0.15) is 13.8 Å². The van der Waals surface area contributed by atoms with Crippen molar-refractivity contribution < 1.29 is 14.3 Å². The molecule has 8 heteroatoms. The van der Waals surface area contributed by atoms with E-state index < -0.39 is 18.2 Å². The summed E-state index contributed by atoms with van der Waals surface area (Å²) in [7, 11) is 1.65.